The van der Waals surface area contributed by atoms with Gasteiger partial charge in [0, 0.05) is 17.8 Å². The number of nitrogens with zero attached hydrogens (tertiary/aromatic N) is 1. The Labute approximate surface area is 132 Å². The Morgan fingerprint density at radius 2 is 1.22 bits per heavy atom. The van der Waals surface area contributed by atoms with E-state index in [1.54, 1.807) is 4.13 Å². The monoisotopic (exact) mass is 357 g/mol. The van der Waals surface area contributed by atoms with Gasteiger partial charge in [0.25, 0.3) is 25.7 Å². The highest BCUT2D eigenvalue weighted by Gasteiger charge is 2.25. The molecule has 11 heteroatoms. The molecule has 0 heterocycles. The maximum absolute atomic E-state index is 12.1. The van der Waals surface area contributed by atoms with E-state index in [2.05, 4.69) is 0 Å². The van der Waals surface area contributed by atoms with Gasteiger partial charge in [-0.2, -0.15) is 0 Å². The third-order valence-electron chi connectivity index (χ3n) is 2.77. The van der Waals surface area contributed by atoms with E-state index in [1.165, 1.54) is 12.1 Å². The van der Waals surface area contributed by atoms with Crippen molar-refractivity contribution >= 4 is 31.4 Å². The Hall–Kier alpha value is -2.50. The zero-order valence-electron chi connectivity index (χ0n) is 11.4. The molecule has 0 amide bonds. The Kier molecular flexibility index (Phi) is 4.36. The fraction of sp³-hybridized carbons (Fsp3) is 0. The van der Waals surface area contributed by atoms with E-state index in [0.717, 1.165) is 36.4 Å². The molecular formula is C12H11N3O6S2. The minimum Gasteiger partial charge on any atom is -0.399 e. The largest absolute Gasteiger partial charge is 0.399 e. The first-order valence-electron chi connectivity index (χ1n) is 6.00. The Bertz CT molecular complexity index is 935. The van der Waals surface area contributed by atoms with Gasteiger partial charge in [-0.3, -0.25) is 10.1 Å². The number of nitro groups is 1. The second kappa shape index (κ2) is 5.95. The average molecular weight is 357 g/mol. The van der Waals surface area contributed by atoms with Crippen LogP contribution in [0.2, 0.25) is 0 Å². The van der Waals surface area contributed by atoms with Crippen molar-refractivity contribution in [1.82, 2.24) is 4.13 Å². The third-order valence-corrected chi connectivity index (χ3v) is 6.31. The highest BCUT2D eigenvalue weighted by molar-refractivity contribution is 8.04. The average Bonchev–Trinajstić information content (AvgIpc) is 2.46. The summed E-state index contributed by atoms with van der Waals surface area (Å²) in [5.74, 6) is 0. The van der Waals surface area contributed by atoms with Gasteiger partial charge in [-0.25, -0.2) is 16.8 Å². The summed E-state index contributed by atoms with van der Waals surface area (Å²) in [5, 5.41) is 10.5. The molecule has 2 rings (SSSR count). The first kappa shape index (κ1) is 16.9. The molecule has 0 spiro atoms. The molecule has 0 atom stereocenters. The smallest absolute Gasteiger partial charge is 0.269 e. The van der Waals surface area contributed by atoms with Crippen molar-refractivity contribution in [3.63, 3.8) is 0 Å². The maximum Gasteiger partial charge on any atom is 0.269 e. The number of non-ortho nitro benzene ring substituents is 1. The summed E-state index contributed by atoms with van der Waals surface area (Å²) in [6, 6.07) is 8.75. The first-order chi connectivity index (χ1) is 10.6. The highest BCUT2D eigenvalue weighted by atomic mass is 32.3. The van der Waals surface area contributed by atoms with E-state index in [1.807, 2.05) is 0 Å². The number of rotatable bonds is 5. The molecule has 0 bridgehead atoms. The molecule has 0 aliphatic rings. The summed E-state index contributed by atoms with van der Waals surface area (Å²) in [6.45, 7) is 0. The van der Waals surface area contributed by atoms with Crippen molar-refractivity contribution in [2.24, 2.45) is 0 Å². The third kappa shape index (κ3) is 3.83. The van der Waals surface area contributed by atoms with Gasteiger partial charge in [-0.15, -0.1) is 4.13 Å². The van der Waals surface area contributed by atoms with Crippen LogP contribution in [0, 0.1) is 10.1 Å². The lowest BCUT2D eigenvalue weighted by molar-refractivity contribution is -0.384. The first-order valence-corrected chi connectivity index (χ1v) is 8.97. The van der Waals surface area contributed by atoms with Crippen LogP contribution >= 0.6 is 0 Å². The predicted octanol–water partition coefficient (Wildman–Crippen LogP) is 0.844. The van der Waals surface area contributed by atoms with Gasteiger partial charge >= 0.3 is 0 Å². The molecule has 0 aliphatic heterocycles. The standard InChI is InChI=1S/C12H11N3O6S2/c13-9-1-5-11(6-2-9)22(18,19)14-23(20,21)12-7-3-10(4-8-12)15(16)17/h1-8,14H,13H2. The van der Waals surface area contributed by atoms with Crippen LogP contribution in [0.4, 0.5) is 11.4 Å². The second-order valence-electron chi connectivity index (χ2n) is 4.41. The molecule has 3 N–H and O–H groups in total. The molecule has 0 aromatic heterocycles. The normalized spacial score (nSPS) is 12.0. The van der Waals surface area contributed by atoms with Crippen molar-refractivity contribution in [2.75, 3.05) is 5.73 Å². The number of hydrogen-bond acceptors (Lipinski definition) is 7. The molecule has 2 aromatic rings. The topological polar surface area (TPSA) is 149 Å². The minimum atomic E-state index is -4.41. The van der Waals surface area contributed by atoms with Crippen molar-refractivity contribution in [3.8, 4) is 0 Å². The molecule has 0 saturated heterocycles. The van der Waals surface area contributed by atoms with Gasteiger partial charge in [-0.1, -0.05) is 0 Å². The predicted molar refractivity (Wildman–Crippen MR) is 81.5 cm³/mol. The Balaban J connectivity index is 2.33. The number of benzene rings is 2. The van der Waals surface area contributed by atoms with Crippen molar-refractivity contribution < 1.29 is 21.8 Å². The van der Waals surface area contributed by atoms with Crippen molar-refractivity contribution in [1.29, 1.82) is 0 Å². The number of anilines is 1. The Morgan fingerprint density at radius 3 is 1.61 bits per heavy atom. The molecule has 0 saturated carbocycles. The van der Waals surface area contributed by atoms with Crippen LogP contribution in [0.1, 0.15) is 0 Å². The summed E-state index contributed by atoms with van der Waals surface area (Å²) in [5.41, 5.74) is 5.45. The minimum absolute atomic E-state index is 0.280. The number of nitrogens with one attached hydrogen (secondary N) is 1. The van der Waals surface area contributed by atoms with Gasteiger partial charge in [0.15, 0.2) is 0 Å². The van der Waals surface area contributed by atoms with E-state index < -0.39 is 29.9 Å². The van der Waals surface area contributed by atoms with Crippen LogP contribution in [-0.2, 0) is 20.0 Å². The van der Waals surface area contributed by atoms with Gasteiger partial charge in [-0.05, 0) is 36.4 Å². The van der Waals surface area contributed by atoms with Crippen molar-refractivity contribution in [3.05, 3.63) is 58.6 Å². The van der Waals surface area contributed by atoms with Crippen LogP contribution in [-0.4, -0.2) is 21.8 Å². The number of nitrogen functional groups attached to an aromatic ring is 1. The van der Waals surface area contributed by atoms with Crippen LogP contribution < -0.4 is 9.86 Å². The van der Waals surface area contributed by atoms with Gasteiger partial charge in [0.05, 0.1) is 14.7 Å². The Morgan fingerprint density at radius 1 is 0.826 bits per heavy atom. The summed E-state index contributed by atoms with van der Waals surface area (Å²) < 4.78 is 49.9. The summed E-state index contributed by atoms with van der Waals surface area (Å²) in [7, 11) is -8.75. The number of sulfonamides is 2. The van der Waals surface area contributed by atoms with Gasteiger partial charge in [0.2, 0.25) is 0 Å². The van der Waals surface area contributed by atoms with Crippen LogP contribution in [0.5, 0.6) is 0 Å². The van der Waals surface area contributed by atoms with Crippen LogP contribution in [0.3, 0.4) is 0 Å². The lowest BCUT2D eigenvalue weighted by Crippen LogP contribution is -2.30. The lowest BCUT2D eigenvalue weighted by atomic mass is 10.3. The zero-order valence-corrected chi connectivity index (χ0v) is 13.0. The molecule has 0 fully saturated rings. The van der Waals surface area contributed by atoms with Gasteiger partial charge in [0.1, 0.15) is 0 Å². The fourth-order valence-corrected chi connectivity index (χ4v) is 4.55. The molecule has 23 heavy (non-hydrogen) atoms. The van der Waals surface area contributed by atoms with E-state index >= 15 is 0 Å². The fourth-order valence-electron chi connectivity index (χ4n) is 1.63. The van der Waals surface area contributed by atoms with E-state index in [0.29, 0.717) is 5.69 Å². The van der Waals surface area contributed by atoms with Crippen molar-refractivity contribution in [2.45, 2.75) is 9.79 Å². The van der Waals surface area contributed by atoms with Crippen LogP contribution in [0.15, 0.2) is 58.3 Å². The van der Waals surface area contributed by atoms with E-state index in [-0.39, 0.29) is 10.6 Å². The number of nitrogens with two attached hydrogens (primary N) is 1. The lowest BCUT2D eigenvalue weighted by Gasteiger charge is -2.08. The molecule has 9 nitrogen and oxygen atoms in total. The highest BCUT2D eigenvalue weighted by Crippen LogP contribution is 2.18. The van der Waals surface area contributed by atoms with Gasteiger partial charge < -0.3 is 5.73 Å². The molecular weight excluding hydrogens is 346 g/mol. The van der Waals surface area contributed by atoms with E-state index in [9.17, 15) is 26.9 Å². The van der Waals surface area contributed by atoms with Crippen LogP contribution in [0.25, 0.3) is 0 Å². The summed E-state index contributed by atoms with van der Waals surface area (Å²) in [6.07, 6.45) is 0. The maximum atomic E-state index is 12.1. The number of hydrogen-bond donors (Lipinski definition) is 2. The van der Waals surface area contributed by atoms with E-state index in [4.69, 9.17) is 5.73 Å². The second-order valence-corrected chi connectivity index (χ2v) is 8.03. The molecule has 122 valence electrons. The summed E-state index contributed by atoms with van der Waals surface area (Å²) in [4.78, 5) is 9.14. The molecule has 0 radical (unpaired) electrons. The quantitative estimate of drug-likeness (QED) is 0.457. The number of nitro benzene ring substituents is 1. The zero-order chi connectivity index (χ0) is 17.3. The molecule has 0 aliphatic carbocycles. The molecule has 2 aromatic carbocycles. The summed E-state index contributed by atoms with van der Waals surface area (Å²) >= 11 is 0. The SMILES string of the molecule is Nc1ccc(S(=O)(=O)NS(=O)(=O)c2ccc([N+](=O)[O-])cc2)cc1. The molecule has 0 unspecified atom stereocenters.